The monoisotopic (exact) mass is 210 g/mol. The number of hydrogen-bond acceptors (Lipinski definition) is 1. The average molecular weight is 210 g/mol. The first-order valence-electron chi connectivity index (χ1n) is 4.69. The lowest BCUT2D eigenvalue weighted by atomic mass is 10.1. The van der Waals surface area contributed by atoms with Crippen LogP contribution in [0.3, 0.4) is 0 Å². The number of aryl methyl sites for hydroxylation is 1. The van der Waals surface area contributed by atoms with Gasteiger partial charge in [-0.15, -0.1) is 0 Å². The maximum Gasteiger partial charge on any atom is 0.147 e. The third kappa shape index (κ3) is 1.25. The summed E-state index contributed by atoms with van der Waals surface area (Å²) in [5.41, 5.74) is 7.30. The summed E-state index contributed by atoms with van der Waals surface area (Å²) in [7, 11) is 1.71. The quantitative estimate of drug-likeness (QED) is 0.768. The van der Waals surface area contributed by atoms with E-state index in [9.17, 15) is 8.78 Å². The number of halogens is 2. The van der Waals surface area contributed by atoms with Gasteiger partial charge in [0.1, 0.15) is 11.6 Å². The lowest BCUT2D eigenvalue weighted by Crippen LogP contribution is -1.99. The second kappa shape index (κ2) is 3.31. The van der Waals surface area contributed by atoms with E-state index in [-0.39, 0.29) is 12.1 Å². The van der Waals surface area contributed by atoms with Crippen LogP contribution in [-0.4, -0.2) is 4.57 Å². The topological polar surface area (TPSA) is 30.9 Å². The zero-order valence-corrected chi connectivity index (χ0v) is 8.64. The maximum absolute atomic E-state index is 13.6. The van der Waals surface area contributed by atoms with E-state index in [4.69, 9.17) is 5.73 Å². The predicted molar refractivity (Wildman–Crippen MR) is 55.5 cm³/mol. The Morgan fingerprint density at radius 2 is 1.87 bits per heavy atom. The number of nitrogens with two attached hydrogens (primary N) is 1. The molecule has 0 radical (unpaired) electrons. The molecule has 0 atom stereocenters. The highest BCUT2D eigenvalue weighted by Gasteiger charge is 2.17. The Balaban J connectivity index is 3.02. The minimum absolute atomic E-state index is 0.212. The van der Waals surface area contributed by atoms with Crippen molar-refractivity contribution >= 4 is 10.9 Å². The van der Waals surface area contributed by atoms with Crippen LogP contribution in [0.5, 0.6) is 0 Å². The van der Waals surface area contributed by atoms with Crippen molar-refractivity contribution in [2.45, 2.75) is 13.5 Å². The minimum atomic E-state index is -0.421. The number of rotatable bonds is 1. The van der Waals surface area contributed by atoms with Crippen molar-refractivity contribution in [3.63, 3.8) is 0 Å². The molecule has 2 aromatic rings. The Labute approximate surface area is 86.3 Å². The van der Waals surface area contributed by atoms with Crippen LogP contribution >= 0.6 is 0 Å². The number of aromatic nitrogens is 1. The smallest absolute Gasteiger partial charge is 0.147 e. The van der Waals surface area contributed by atoms with Crippen molar-refractivity contribution in [1.29, 1.82) is 0 Å². The van der Waals surface area contributed by atoms with Crippen LogP contribution < -0.4 is 5.73 Å². The molecule has 0 aliphatic carbocycles. The van der Waals surface area contributed by atoms with Gasteiger partial charge in [-0.3, -0.25) is 0 Å². The molecule has 1 aromatic carbocycles. The lowest BCUT2D eigenvalue weighted by Gasteiger charge is -1.99. The number of benzene rings is 1. The van der Waals surface area contributed by atoms with Gasteiger partial charge in [0, 0.05) is 24.7 Å². The molecule has 0 fully saturated rings. The molecule has 15 heavy (non-hydrogen) atoms. The fraction of sp³-hybridized carbons (Fsp3) is 0.273. The molecule has 0 bridgehead atoms. The summed E-state index contributed by atoms with van der Waals surface area (Å²) in [5, 5.41) is 0.303. The van der Waals surface area contributed by atoms with Crippen LogP contribution in [0.2, 0.25) is 0 Å². The molecule has 0 aliphatic rings. The van der Waals surface area contributed by atoms with E-state index in [1.54, 1.807) is 18.5 Å². The number of hydrogen-bond donors (Lipinski definition) is 1. The van der Waals surface area contributed by atoms with Gasteiger partial charge in [-0.25, -0.2) is 8.78 Å². The first-order chi connectivity index (χ1) is 7.07. The second-order valence-electron chi connectivity index (χ2n) is 3.58. The van der Waals surface area contributed by atoms with Crippen molar-refractivity contribution in [3.05, 3.63) is 35.0 Å². The molecule has 0 saturated carbocycles. The van der Waals surface area contributed by atoms with E-state index < -0.39 is 11.6 Å². The molecule has 2 nitrogen and oxygen atoms in total. The highest BCUT2D eigenvalue weighted by atomic mass is 19.1. The van der Waals surface area contributed by atoms with Gasteiger partial charge in [0.25, 0.3) is 0 Å². The van der Waals surface area contributed by atoms with Crippen molar-refractivity contribution < 1.29 is 8.78 Å². The Hall–Kier alpha value is -1.42. The first kappa shape index (κ1) is 10.1. The predicted octanol–water partition coefficient (Wildman–Crippen LogP) is 2.22. The highest BCUT2D eigenvalue weighted by Crippen LogP contribution is 2.28. The summed E-state index contributed by atoms with van der Waals surface area (Å²) in [4.78, 5) is 0. The summed E-state index contributed by atoms with van der Waals surface area (Å²) in [5.74, 6) is -0.841. The summed E-state index contributed by atoms with van der Waals surface area (Å²) in [6.07, 6.45) is 0. The van der Waals surface area contributed by atoms with E-state index >= 15 is 0 Å². The Morgan fingerprint density at radius 3 is 2.47 bits per heavy atom. The van der Waals surface area contributed by atoms with Gasteiger partial charge in [0.15, 0.2) is 0 Å². The van der Waals surface area contributed by atoms with Crippen LogP contribution in [0, 0.1) is 18.6 Å². The average Bonchev–Trinajstić information content (AvgIpc) is 2.47. The zero-order chi connectivity index (χ0) is 11.2. The molecule has 2 rings (SSSR count). The van der Waals surface area contributed by atoms with Crippen molar-refractivity contribution in [3.8, 4) is 0 Å². The Bertz CT molecular complexity index is 529. The van der Waals surface area contributed by atoms with Gasteiger partial charge < -0.3 is 10.3 Å². The van der Waals surface area contributed by atoms with Crippen LogP contribution in [-0.2, 0) is 13.6 Å². The van der Waals surface area contributed by atoms with Crippen LogP contribution in [0.25, 0.3) is 10.9 Å². The fourth-order valence-electron chi connectivity index (χ4n) is 1.96. The molecule has 0 saturated heterocycles. The molecule has 2 N–H and O–H groups in total. The summed E-state index contributed by atoms with van der Waals surface area (Å²) >= 11 is 0. The SMILES string of the molecule is Cc1c(CN)c2c(F)ccc(F)c2n1C. The van der Waals surface area contributed by atoms with Gasteiger partial charge in [-0.05, 0) is 24.6 Å². The van der Waals surface area contributed by atoms with Gasteiger partial charge in [0.2, 0.25) is 0 Å². The van der Waals surface area contributed by atoms with Gasteiger partial charge in [-0.1, -0.05) is 0 Å². The normalized spacial score (nSPS) is 11.3. The molecule has 4 heteroatoms. The molecule has 1 heterocycles. The molecule has 0 unspecified atom stereocenters. The number of nitrogens with zero attached hydrogens (tertiary/aromatic N) is 1. The fourth-order valence-corrected chi connectivity index (χ4v) is 1.96. The second-order valence-corrected chi connectivity index (χ2v) is 3.58. The molecular formula is C11H12F2N2. The minimum Gasteiger partial charge on any atom is -0.345 e. The lowest BCUT2D eigenvalue weighted by molar-refractivity contribution is 0.612. The number of fused-ring (bicyclic) bond motifs is 1. The van der Waals surface area contributed by atoms with E-state index in [2.05, 4.69) is 0 Å². The summed E-state index contributed by atoms with van der Waals surface area (Å²) in [6, 6.07) is 2.27. The van der Waals surface area contributed by atoms with Crippen molar-refractivity contribution in [2.24, 2.45) is 12.8 Å². The van der Waals surface area contributed by atoms with Gasteiger partial charge >= 0.3 is 0 Å². The van der Waals surface area contributed by atoms with E-state index in [0.29, 0.717) is 10.9 Å². The third-order valence-electron chi connectivity index (χ3n) is 2.86. The Morgan fingerprint density at radius 1 is 1.27 bits per heavy atom. The van der Waals surface area contributed by atoms with Crippen LogP contribution in [0.15, 0.2) is 12.1 Å². The molecule has 0 aliphatic heterocycles. The van der Waals surface area contributed by atoms with Crippen molar-refractivity contribution in [1.82, 2.24) is 4.57 Å². The molecule has 80 valence electrons. The van der Waals surface area contributed by atoms with Crippen LogP contribution in [0.1, 0.15) is 11.3 Å². The van der Waals surface area contributed by atoms with Gasteiger partial charge in [0.05, 0.1) is 5.52 Å². The van der Waals surface area contributed by atoms with E-state index in [0.717, 1.165) is 17.8 Å². The Kier molecular flexibility index (Phi) is 2.23. The summed E-state index contributed by atoms with van der Waals surface area (Å²) < 4.78 is 28.7. The molecule has 0 spiro atoms. The standard InChI is InChI=1S/C11H12F2N2/c1-6-7(5-14)10-8(12)3-4-9(13)11(10)15(6)2/h3-4H,5,14H2,1-2H3. The summed E-state index contributed by atoms with van der Waals surface area (Å²) in [6.45, 7) is 2.02. The highest BCUT2D eigenvalue weighted by molar-refractivity contribution is 5.86. The van der Waals surface area contributed by atoms with Gasteiger partial charge in [-0.2, -0.15) is 0 Å². The van der Waals surface area contributed by atoms with E-state index in [1.807, 2.05) is 0 Å². The molecule has 0 amide bonds. The molecule has 1 aromatic heterocycles. The molecular weight excluding hydrogens is 198 g/mol. The first-order valence-corrected chi connectivity index (χ1v) is 4.69. The van der Waals surface area contributed by atoms with Crippen LogP contribution in [0.4, 0.5) is 8.78 Å². The largest absolute Gasteiger partial charge is 0.345 e. The third-order valence-corrected chi connectivity index (χ3v) is 2.86. The van der Waals surface area contributed by atoms with Crippen molar-refractivity contribution in [2.75, 3.05) is 0 Å². The zero-order valence-electron chi connectivity index (χ0n) is 8.64. The maximum atomic E-state index is 13.6. The van der Waals surface area contributed by atoms with E-state index in [1.165, 1.54) is 0 Å².